The fourth-order valence-electron chi connectivity index (χ4n) is 3.37. The lowest BCUT2D eigenvalue weighted by atomic mass is 10.0. The summed E-state index contributed by atoms with van der Waals surface area (Å²) in [6.45, 7) is 0.473. The summed E-state index contributed by atoms with van der Waals surface area (Å²) >= 11 is 0. The summed E-state index contributed by atoms with van der Waals surface area (Å²) in [6.07, 6.45) is 6.87. The van der Waals surface area contributed by atoms with Gasteiger partial charge in [-0.25, -0.2) is 9.97 Å². The maximum atomic E-state index is 12.6. The van der Waals surface area contributed by atoms with Crippen molar-refractivity contribution in [3.63, 3.8) is 0 Å². The zero-order valence-corrected chi connectivity index (χ0v) is 15.0. The first kappa shape index (κ1) is 16.3. The molecule has 0 radical (unpaired) electrons. The second kappa shape index (κ2) is 6.70. The highest BCUT2D eigenvalue weighted by Crippen LogP contribution is 2.24. The summed E-state index contributed by atoms with van der Waals surface area (Å²) in [5.74, 6) is 0. The van der Waals surface area contributed by atoms with Gasteiger partial charge in [0.2, 0.25) is 0 Å². The number of hydrogen-bond donors (Lipinski definition) is 0. The molecule has 0 aliphatic carbocycles. The highest BCUT2D eigenvalue weighted by Gasteiger charge is 2.06. The highest BCUT2D eigenvalue weighted by atomic mass is 16.1. The molecule has 0 saturated carbocycles. The highest BCUT2D eigenvalue weighted by molar-refractivity contribution is 5.86. The van der Waals surface area contributed by atoms with E-state index < -0.39 is 0 Å². The van der Waals surface area contributed by atoms with Gasteiger partial charge in [-0.05, 0) is 46.3 Å². The van der Waals surface area contributed by atoms with Crippen molar-refractivity contribution in [2.75, 3.05) is 0 Å². The van der Waals surface area contributed by atoms with Gasteiger partial charge in [0.25, 0.3) is 5.56 Å². The predicted octanol–water partition coefficient (Wildman–Crippen LogP) is 4.06. The second-order valence-electron chi connectivity index (χ2n) is 6.69. The van der Waals surface area contributed by atoms with Crippen LogP contribution in [0.3, 0.4) is 0 Å². The van der Waals surface area contributed by atoms with Crippen LogP contribution < -0.4 is 5.56 Å². The first-order valence-corrected chi connectivity index (χ1v) is 9.01. The molecule has 0 aliphatic heterocycles. The molecule has 2 aromatic carbocycles. The van der Waals surface area contributed by atoms with Gasteiger partial charge >= 0.3 is 0 Å². The average molecular weight is 364 g/mol. The summed E-state index contributed by atoms with van der Waals surface area (Å²) in [4.78, 5) is 25.2. The summed E-state index contributed by atoms with van der Waals surface area (Å²) in [5, 5.41) is 2.83. The van der Waals surface area contributed by atoms with Crippen molar-refractivity contribution in [1.29, 1.82) is 0 Å². The molecule has 134 valence electrons. The lowest BCUT2D eigenvalue weighted by Gasteiger charge is -2.08. The van der Waals surface area contributed by atoms with Gasteiger partial charge in [0, 0.05) is 24.0 Å². The molecule has 5 nitrogen and oxygen atoms in total. The van der Waals surface area contributed by atoms with Gasteiger partial charge in [0.05, 0.1) is 11.9 Å². The normalized spacial score (nSPS) is 11.1. The van der Waals surface area contributed by atoms with Gasteiger partial charge in [0.1, 0.15) is 6.33 Å². The van der Waals surface area contributed by atoms with Crippen LogP contribution in [-0.2, 0) is 6.54 Å². The van der Waals surface area contributed by atoms with Crippen molar-refractivity contribution in [3.8, 4) is 11.1 Å². The topological polar surface area (TPSA) is 60.7 Å². The SMILES string of the molecule is O=c1c2cccnc2ncn1Cc1ccc(-c2ccc3cnccc3c2)cc1. The summed E-state index contributed by atoms with van der Waals surface area (Å²) in [7, 11) is 0. The standard InChI is InChI=1S/C23H16N4O/c28-23-21-2-1-10-25-22(21)26-15-27(23)14-16-3-5-17(6-4-16)18-7-8-20-13-24-11-9-19(20)12-18/h1-13,15H,14H2. The van der Waals surface area contributed by atoms with Crippen molar-refractivity contribution in [2.45, 2.75) is 6.54 Å². The van der Waals surface area contributed by atoms with Crippen LogP contribution in [0, 0.1) is 0 Å². The minimum Gasteiger partial charge on any atom is -0.294 e. The van der Waals surface area contributed by atoms with Crippen LogP contribution in [0.2, 0.25) is 0 Å². The molecule has 5 aromatic rings. The predicted molar refractivity (Wildman–Crippen MR) is 110 cm³/mol. The third-order valence-electron chi connectivity index (χ3n) is 4.88. The van der Waals surface area contributed by atoms with E-state index >= 15 is 0 Å². The van der Waals surface area contributed by atoms with E-state index in [1.165, 1.54) is 5.39 Å². The molecule has 0 N–H and O–H groups in total. The molecule has 0 bridgehead atoms. The molecular formula is C23H16N4O. The van der Waals surface area contributed by atoms with E-state index in [2.05, 4.69) is 45.3 Å². The third-order valence-corrected chi connectivity index (χ3v) is 4.88. The molecule has 0 amide bonds. The Bertz CT molecular complexity index is 1360. The van der Waals surface area contributed by atoms with Gasteiger partial charge in [-0.1, -0.05) is 36.4 Å². The Hall–Kier alpha value is -3.86. The number of benzene rings is 2. The van der Waals surface area contributed by atoms with Gasteiger partial charge in [-0.2, -0.15) is 0 Å². The van der Waals surface area contributed by atoms with E-state index in [-0.39, 0.29) is 5.56 Å². The Morgan fingerprint density at radius 1 is 0.821 bits per heavy atom. The fraction of sp³-hybridized carbons (Fsp3) is 0.0435. The average Bonchev–Trinajstić information content (AvgIpc) is 2.76. The van der Waals surface area contributed by atoms with Crippen molar-refractivity contribution < 1.29 is 0 Å². The Morgan fingerprint density at radius 2 is 1.68 bits per heavy atom. The van der Waals surface area contributed by atoms with Crippen LogP contribution >= 0.6 is 0 Å². The molecule has 5 rings (SSSR count). The first-order valence-electron chi connectivity index (χ1n) is 9.01. The molecule has 0 unspecified atom stereocenters. The third kappa shape index (κ3) is 2.93. The van der Waals surface area contributed by atoms with E-state index in [0.717, 1.165) is 22.1 Å². The van der Waals surface area contributed by atoms with E-state index in [1.54, 1.807) is 35.4 Å². The van der Waals surface area contributed by atoms with Gasteiger partial charge in [-0.3, -0.25) is 14.3 Å². The van der Waals surface area contributed by atoms with Gasteiger partial charge in [0.15, 0.2) is 5.65 Å². The molecule has 0 fully saturated rings. The maximum absolute atomic E-state index is 12.6. The maximum Gasteiger partial charge on any atom is 0.263 e. The minimum atomic E-state index is -0.0784. The number of hydrogen-bond acceptors (Lipinski definition) is 4. The summed E-state index contributed by atoms with van der Waals surface area (Å²) in [5.41, 5.74) is 3.73. The Morgan fingerprint density at radius 3 is 2.57 bits per heavy atom. The van der Waals surface area contributed by atoms with Crippen molar-refractivity contribution in [2.24, 2.45) is 0 Å². The van der Waals surface area contributed by atoms with E-state index in [0.29, 0.717) is 17.6 Å². The van der Waals surface area contributed by atoms with Gasteiger partial charge < -0.3 is 0 Å². The molecule has 0 saturated heterocycles. The second-order valence-corrected chi connectivity index (χ2v) is 6.69. The Labute approximate surface area is 161 Å². The largest absolute Gasteiger partial charge is 0.294 e. The lowest BCUT2D eigenvalue weighted by Crippen LogP contribution is -2.21. The number of aromatic nitrogens is 4. The van der Waals surface area contributed by atoms with E-state index in [1.807, 2.05) is 24.4 Å². The zero-order valence-electron chi connectivity index (χ0n) is 15.0. The number of pyridine rings is 2. The molecule has 0 aliphatic rings. The van der Waals surface area contributed by atoms with Gasteiger partial charge in [-0.15, -0.1) is 0 Å². The van der Waals surface area contributed by atoms with Crippen LogP contribution in [0.4, 0.5) is 0 Å². The molecular weight excluding hydrogens is 348 g/mol. The first-order chi connectivity index (χ1) is 13.8. The van der Waals surface area contributed by atoms with E-state index in [9.17, 15) is 4.79 Å². The Balaban J connectivity index is 1.45. The summed E-state index contributed by atoms with van der Waals surface area (Å²) < 4.78 is 1.61. The van der Waals surface area contributed by atoms with Crippen LogP contribution in [0.25, 0.3) is 32.9 Å². The number of nitrogens with zero attached hydrogens (tertiary/aromatic N) is 4. The van der Waals surface area contributed by atoms with Crippen LogP contribution in [0.15, 0.2) is 90.4 Å². The fourth-order valence-corrected chi connectivity index (χ4v) is 3.37. The minimum absolute atomic E-state index is 0.0784. The number of fused-ring (bicyclic) bond motifs is 2. The van der Waals surface area contributed by atoms with Crippen LogP contribution in [0.1, 0.15) is 5.56 Å². The zero-order chi connectivity index (χ0) is 18.9. The molecule has 3 aromatic heterocycles. The molecule has 5 heteroatoms. The quantitative estimate of drug-likeness (QED) is 0.484. The smallest absolute Gasteiger partial charge is 0.263 e. The molecule has 0 atom stereocenters. The van der Waals surface area contributed by atoms with Crippen molar-refractivity contribution in [3.05, 3.63) is 101 Å². The molecule has 3 heterocycles. The number of rotatable bonds is 3. The van der Waals surface area contributed by atoms with E-state index in [4.69, 9.17) is 0 Å². The molecule has 28 heavy (non-hydrogen) atoms. The van der Waals surface area contributed by atoms with Crippen molar-refractivity contribution in [1.82, 2.24) is 19.5 Å². The summed E-state index contributed by atoms with van der Waals surface area (Å²) in [6, 6.07) is 20.1. The van der Waals surface area contributed by atoms with Crippen LogP contribution in [0.5, 0.6) is 0 Å². The van der Waals surface area contributed by atoms with Crippen LogP contribution in [-0.4, -0.2) is 19.5 Å². The Kier molecular flexibility index (Phi) is 3.91. The molecule has 0 spiro atoms. The lowest BCUT2D eigenvalue weighted by molar-refractivity contribution is 0.747. The monoisotopic (exact) mass is 364 g/mol. The van der Waals surface area contributed by atoms with Crippen molar-refractivity contribution >= 4 is 21.8 Å².